The lowest BCUT2D eigenvalue weighted by Gasteiger charge is -1.94. The lowest BCUT2D eigenvalue weighted by molar-refractivity contribution is 0.430. The third kappa shape index (κ3) is 2.15. The molecular formula is C15H13N5O3. The zero-order valence-electron chi connectivity index (χ0n) is 12.6. The molecule has 0 aliphatic rings. The third-order valence-electron chi connectivity index (χ3n) is 3.66. The summed E-state index contributed by atoms with van der Waals surface area (Å²) in [6.45, 7) is 2.77. The molecular weight excluding hydrogens is 298 g/mol. The summed E-state index contributed by atoms with van der Waals surface area (Å²) in [6, 6.07) is 7.14. The van der Waals surface area contributed by atoms with Crippen molar-refractivity contribution in [2.45, 2.75) is 13.5 Å². The van der Waals surface area contributed by atoms with Crippen molar-refractivity contribution >= 4 is 11.1 Å². The van der Waals surface area contributed by atoms with E-state index >= 15 is 0 Å². The number of oxazole rings is 1. The molecule has 116 valence electrons. The molecule has 3 heterocycles. The van der Waals surface area contributed by atoms with Gasteiger partial charge in [-0.05, 0) is 31.2 Å². The molecule has 23 heavy (non-hydrogen) atoms. The lowest BCUT2D eigenvalue weighted by atomic mass is 10.2. The van der Waals surface area contributed by atoms with Crippen molar-refractivity contribution in [1.82, 2.24) is 24.5 Å². The first-order valence-electron chi connectivity index (χ1n) is 7.13. The molecule has 0 aliphatic carbocycles. The largest absolute Gasteiger partial charge is 0.419 e. The second-order valence-corrected chi connectivity index (χ2v) is 5.09. The highest BCUT2D eigenvalue weighted by atomic mass is 16.5. The van der Waals surface area contributed by atoms with Gasteiger partial charge in [-0.1, -0.05) is 5.16 Å². The van der Waals surface area contributed by atoms with Gasteiger partial charge in [-0.15, -0.1) is 0 Å². The van der Waals surface area contributed by atoms with E-state index in [1.165, 1.54) is 4.57 Å². The van der Waals surface area contributed by atoms with Crippen LogP contribution in [0.25, 0.3) is 34.1 Å². The van der Waals surface area contributed by atoms with Gasteiger partial charge in [-0.25, -0.2) is 4.79 Å². The van der Waals surface area contributed by atoms with Crippen LogP contribution in [0.2, 0.25) is 0 Å². The Hall–Kier alpha value is -3.16. The van der Waals surface area contributed by atoms with Gasteiger partial charge in [0.2, 0.25) is 5.82 Å². The van der Waals surface area contributed by atoms with Gasteiger partial charge in [-0.3, -0.25) is 9.25 Å². The maximum Gasteiger partial charge on any atom is 0.419 e. The number of rotatable bonds is 3. The van der Waals surface area contributed by atoms with Crippen LogP contribution in [-0.2, 0) is 13.6 Å². The smallest absolute Gasteiger partial charge is 0.408 e. The van der Waals surface area contributed by atoms with Crippen molar-refractivity contribution in [2.24, 2.45) is 7.05 Å². The molecule has 8 heteroatoms. The molecule has 0 N–H and O–H groups in total. The molecule has 3 aromatic heterocycles. The van der Waals surface area contributed by atoms with Crippen molar-refractivity contribution in [3.63, 3.8) is 0 Å². The summed E-state index contributed by atoms with van der Waals surface area (Å²) < 4.78 is 13.7. The summed E-state index contributed by atoms with van der Waals surface area (Å²) in [5.41, 5.74) is 2.52. The van der Waals surface area contributed by atoms with Crippen LogP contribution in [0, 0.1) is 0 Å². The first-order valence-corrected chi connectivity index (χ1v) is 7.13. The van der Waals surface area contributed by atoms with E-state index in [1.54, 1.807) is 23.9 Å². The molecule has 4 rings (SSSR count). The maximum atomic E-state index is 11.5. The van der Waals surface area contributed by atoms with Gasteiger partial charge >= 0.3 is 5.76 Å². The molecule has 0 fully saturated rings. The molecule has 4 aromatic rings. The number of aromatic nitrogens is 5. The van der Waals surface area contributed by atoms with Crippen molar-refractivity contribution in [1.29, 1.82) is 0 Å². The van der Waals surface area contributed by atoms with Gasteiger partial charge < -0.3 is 8.94 Å². The van der Waals surface area contributed by atoms with E-state index in [1.807, 2.05) is 25.3 Å². The predicted molar refractivity (Wildman–Crippen MR) is 81.6 cm³/mol. The Morgan fingerprint density at radius 1 is 1.26 bits per heavy atom. The molecule has 0 amide bonds. The van der Waals surface area contributed by atoms with Gasteiger partial charge in [0.25, 0.3) is 5.89 Å². The molecule has 0 radical (unpaired) electrons. The van der Waals surface area contributed by atoms with Crippen LogP contribution in [-0.4, -0.2) is 24.5 Å². The number of aryl methyl sites for hydroxylation is 2. The van der Waals surface area contributed by atoms with Crippen molar-refractivity contribution in [2.75, 3.05) is 0 Å². The average molecular weight is 311 g/mol. The summed E-state index contributed by atoms with van der Waals surface area (Å²) in [6.07, 6.45) is 1.85. The summed E-state index contributed by atoms with van der Waals surface area (Å²) >= 11 is 0. The van der Waals surface area contributed by atoms with E-state index < -0.39 is 5.76 Å². The van der Waals surface area contributed by atoms with E-state index in [9.17, 15) is 4.79 Å². The number of nitrogens with zero attached hydrogens (tertiary/aromatic N) is 5. The Labute approximate surface area is 129 Å². The van der Waals surface area contributed by atoms with Crippen LogP contribution < -0.4 is 5.76 Å². The minimum atomic E-state index is -0.406. The fourth-order valence-electron chi connectivity index (χ4n) is 2.37. The van der Waals surface area contributed by atoms with Crippen molar-refractivity contribution in [3.8, 4) is 23.0 Å². The second-order valence-electron chi connectivity index (χ2n) is 5.09. The van der Waals surface area contributed by atoms with E-state index in [4.69, 9.17) is 8.94 Å². The van der Waals surface area contributed by atoms with Gasteiger partial charge in [-0.2, -0.15) is 10.1 Å². The highest BCUT2D eigenvalue weighted by molar-refractivity contribution is 5.78. The van der Waals surface area contributed by atoms with E-state index in [2.05, 4.69) is 15.2 Å². The second kappa shape index (κ2) is 4.94. The highest BCUT2D eigenvalue weighted by Gasteiger charge is 2.14. The van der Waals surface area contributed by atoms with Crippen LogP contribution >= 0.6 is 0 Å². The van der Waals surface area contributed by atoms with Crippen LogP contribution in [0.4, 0.5) is 0 Å². The number of hydrogen-bond donors (Lipinski definition) is 0. The number of hydrogen-bond acceptors (Lipinski definition) is 6. The van der Waals surface area contributed by atoms with Crippen LogP contribution in [0.5, 0.6) is 0 Å². The SMILES string of the molecule is CCn1ccc(-c2nc(-c3ccc4c(c3)oc(=O)n4C)no2)n1. The molecule has 1 aromatic carbocycles. The molecule has 0 unspecified atom stereocenters. The summed E-state index contributed by atoms with van der Waals surface area (Å²) in [4.78, 5) is 15.9. The van der Waals surface area contributed by atoms with Gasteiger partial charge in [0.1, 0.15) is 0 Å². The Morgan fingerprint density at radius 2 is 2.13 bits per heavy atom. The van der Waals surface area contributed by atoms with Gasteiger partial charge in [0, 0.05) is 25.4 Å². The quantitative estimate of drug-likeness (QED) is 0.575. The summed E-state index contributed by atoms with van der Waals surface area (Å²) in [7, 11) is 1.66. The zero-order valence-corrected chi connectivity index (χ0v) is 12.6. The van der Waals surface area contributed by atoms with E-state index in [-0.39, 0.29) is 0 Å². The molecule has 0 saturated carbocycles. The Bertz CT molecular complexity index is 1050. The molecule has 0 spiro atoms. The fourth-order valence-corrected chi connectivity index (χ4v) is 2.37. The Balaban J connectivity index is 1.75. The first kappa shape index (κ1) is 13.5. The van der Waals surface area contributed by atoms with Gasteiger partial charge in [0.15, 0.2) is 11.3 Å². The minimum absolute atomic E-state index is 0.349. The average Bonchev–Trinajstić information content (AvgIpc) is 3.27. The molecule has 0 aliphatic heterocycles. The van der Waals surface area contributed by atoms with Crippen LogP contribution in [0.3, 0.4) is 0 Å². The molecule has 8 nitrogen and oxygen atoms in total. The highest BCUT2D eigenvalue weighted by Crippen LogP contribution is 2.24. The summed E-state index contributed by atoms with van der Waals surface area (Å²) in [5.74, 6) is 0.359. The number of benzene rings is 1. The number of fused-ring (bicyclic) bond motifs is 1. The van der Waals surface area contributed by atoms with E-state index in [0.29, 0.717) is 34.1 Å². The first-order chi connectivity index (χ1) is 11.2. The Morgan fingerprint density at radius 3 is 2.91 bits per heavy atom. The van der Waals surface area contributed by atoms with Crippen LogP contribution in [0.15, 0.2) is 44.2 Å². The monoisotopic (exact) mass is 311 g/mol. The standard InChI is InChI=1S/C15H13N5O3/c1-3-20-7-6-10(17-20)14-16-13(18-23-14)9-4-5-11-12(8-9)22-15(21)19(11)2/h4-8H,3H2,1-2H3. The van der Waals surface area contributed by atoms with E-state index in [0.717, 1.165) is 6.54 Å². The molecule has 0 atom stereocenters. The van der Waals surface area contributed by atoms with Gasteiger partial charge in [0.05, 0.1) is 5.52 Å². The lowest BCUT2D eigenvalue weighted by Crippen LogP contribution is -2.08. The normalized spacial score (nSPS) is 11.4. The summed E-state index contributed by atoms with van der Waals surface area (Å²) in [5, 5.41) is 8.30. The fraction of sp³-hybridized carbons (Fsp3) is 0.200. The maximum absolute atomic E-state index is 11.5. The van der Waals surface area contributed by atoms with Crippen molar-refractivity contribution in [3.05, 3.63) is 41.0 Å². The predicted octanol–water partition coefficient (Wildman–Crippen LogP) is 2.06. The molecule has 0 saturated heterocycles. The Kier molecular flexibility index (Phi) is 2.90. The molecule has 0 bridgehead atoms. The zero-order chi connectivity index (χ0) is 16.0. The minimum Gasteiger partial charge on any atom is -0.408 e. The van der Waals surface area contributed by atoms with Crippen molar-refractivity contribution < 1.29 is 8.94 Å². The topological polar surface area (TPSA) is 91.9 Å². The van der Waals surface area contributed by atoms with Crippen LogP contribution in [0.1, 0.15) is 6.92 Å². The third-order valence-corrected chi connectivity index (χ3v) is 3.66.